The first-order valence-electron chi connectivity index (χ1n) is 9.05. The second-order valence-corrected chi connectivity index (χ2v) is 7.33. The Labute approximate surface area is 160 Å². The number of aromatic nitrogens is 3. The fraction of sp³-hybridized carbons (Fsp3) is 0.368. The van der Waals surface area contributed by atoms with Crippen molar-refractivity contribution in [3.63, 3.8) is 0 Å². The zero-order valence-electron chi connectivity index (χ0n) is 15.2. The summed E-state index contributed by atoms with van der Waals surface area (Å²) in [7, 11) is 0. The Morgan fingerprint density at radius 2 is 2.15 bits per heavy atom. The highest BCUT2D eigenvalue weighted by Gasteiger charge is 2.32. The van der Waals surface area contributed by atoms with Gasteiger partial charge in [-0.3, -0.25) is 4.79 Å². The number of fused-ring (bicyclic) bond motifs is 1. The lowest BCUT2D eigenvalue weighted by molar-refractivity contribution is 0.0527. The van der Waals surface area contributed by atoms with Gasteiger partial charge >= 0.3 is 5.97 Å². The van der Waals surface area contributed by atoms with Gasteiger partial charge in [0, 0.05) is 12.1 Å². The summed E-state index contributed by atoms with van der Waals surface area (Å²) in [6.07, 6.45) is 2.14. The highest BCUT2D eigenvalue weighted by molar-refractivity contribution is 7.15. The van der Waals surface area contributed by atoms with E-state index in [2.05, 4.69) is 15.6 Å². The van der Waals surface area contributed by atoms with Crippen molar-refractivity contribution in [1.29, 1.82) is 0 Å². The number of amides is 1. The van der Waals surface area contributed by atoms with Crippen LogP contribution in [0.1, 0.15) is 58.9 Å². The fourth-order valence-corrected chi connectivity index (χ4v) is 4.12. The van der Waals surface area contributed by atoms with Gasteiger partial charge in [-0.1, -0.05) is 5.21 Å². The van der Waals surface area contributed by atoms with Crippen molar-refractivity contribution in [1.82, 2.24) is 15.0 Å². The third-order valence-electron chi connectivity index (χ3n) is 4.62. The quantitative estimate of drug-likeness (QED) is 0.653. The van der Waals surface area contributed by atoms with Crippen molar-refractivity contribution in [3.05, 3.63) is 40.3 Å². The lowest BCUT2D eigenvalue weighted by atomic mass is 10.1. The molecular weight excluding hydrogens is 364 g/mol. The Kier molecular flexibility index (Phi) is 4.65. The van der Waals surface area contributed by atoms with Crippen LogP contribution >= 0.6 is 11.3 Å². The number of rotatable bonds is 6. The van der Waals surface area contributed by atoms with Gasteiger partial charge in [0.25, 0.3) is 5.91 Å². The van der Waals surface area contributed by atoms with Gasteiger partial charge < -0.3 is 10.1 Å². The summed E-state index contributed by atoms with van der Waals surface area (Å²) in [6, 6.07) is 5.29. The molecule has 1 aliphatic carbocycles. The molecule has 1 aliphatic rings. The number of benzene rings is 1. The van der Waals surface area contributed by atoms with Crippen LogP contribution in [0.4, 0.5) is 5.00 Å². The molecule has 3 aromatic rings. The average Bonchev–Trinajstić information content (AvgIpc) is 3.30. The molecule has 2 aromatic heterocycles. The molecule has 2 heterocycles. The van der Waals surface area contributed by atoms with Crippen LogP contribution in [0, 0.1) is 0 Å². The van der Waals surface area contributed by atoms with Crippen molar-refractivity contribution in [2.24, 2.45) is 0 Å². The largest absolute Gasteiger partial charge is 0.462 e. The lowest BCUT2D eigenvalue weighted by Crippen LogP contribution is -2.15. The highest BCUT2D eigenvalue weighted by atomic mass is 32.1. The number of nitrogens with zero attached hydrogens (tertiary/aromatic N) is 3. The molecule has 0 bridgehead atoms. The van der Waals surface area contributed by atoms with E-state index in [1.54, 1.807) is 23.7 Å². The van der Waals surface area contributed by atoms with Gasteiger partial charge in [0.2, 0.25) is 0 Å². The number of aryl methyl sites for hydroxylation is 1. The number of hydrogen-bond acceptors (Lipinski definition) is 6. The van der Waals surface area contributed by atoms with E-state index in [9.17, 15) is 9.59 Å². The number of carbonyl (C=O) groups excluding carboxylic acids is 2. The first-order valence-corrected chi connectivity index (χ1v) is 9.93. The Bertz CT molecular complexity index is 1020. The number of ether oxygens (including phenoxy) is 1. The average molecular weight is 384 g/mol. The van der Waals surface area contributed by atoms with E-state index >= 15 is 0 Å². The van der Waals surface area contributed by atoms with Crippen molar-refractivity contribution in [3.8, 4) is 0 Å². The first kappa shape index (κ1) is 17.7. The molecule has 0 spiro atoms. The molecule has 0 aliphatic heterocycles. The number of esters is 1. The minimum absolute atomic E-state index is 0.280. The van der Waals surface area contributed by atoms with Gasteiger partial charge in [0.1, 0.15) is 10.5 Å². The minimum atomic E-state index is -0.378. The predicted molar refractivity (Wildman–Crippen MR) is 103 cm³/mol. The number of anilines is 1. The van der Waals surface area contributed by atoms with Gasteiger partial charge in [-0.25, -0.2) is 9.48 Å². The minimum Gasteiger partial charge on any atom is -0.462 e. The van der Waals surface area contributed by atoms with Crippen molar-refractivity contribution in [2.75, 3.05) is 11.9 Å². The molecule has 1 amide bonds. The van der Waals surface area contributed by atoms with E-state index in [1.807, 2.05) is 18.4 Å². The molecule has 7 nitrogen and oxygen atoms in total. The van der Waals surface area contributed by atoms with Crippen LogP contribution in [0.5, 0.6) is 0 Å². The maximum atomic E-state index is 12.7. The maximum Gasteiger partial charge on any atom is 0.341 e. The van der Waals surface area contributed by atoms with Crippen molar-refractivity contribution >= 4 is 39.2 Å². The molecule has 4 rings (SSSR count). The molecule has 1 aromatic carbocycles. The molecule has 1 fully saturated rings. The molecule has 1 saturated carbocycles. The van der Waals surface area contributed by atoms with Crippen LogP contribution in [-0.4, -0.2) is 33.5 Å². The Morgan fingerprint density at radius 3 is 2.85 bits per heavy atom. The smallest absolute Gasteiger partial charge is 0.341 e. The molecule has 0 unspecified atom stereocenters. The van der Waals surface area contributed by atoms with Crippen LogP contribution in [0.25, 0.3) is 11.0 Å². The van der Waals surface area contributed by atoms with Gasteiger partial charge in [0.15, 0.2) is 0 Å². The highest BCUT2D eigenvalue weighted by Crippen LogP contribution is 2.46. The van der Waals surface area contributed by atoms with Crippen LogP contribution in [0.15, 0.2) is 23.6 Å². The van der Waals surface area contributed by atoms with Gasteiger partial charge in [0.05, 0.1) is 17.7 Å². The second-order valence-electron chi connectivity index (χ2n) is 6.45. The van der Waals surface area contributed by atoms with Gasteiger partial charge in [-0.15, -0.1) is 16.4 Å². The Balaban J connectivity index is 1.62. The summed E-state index contributed by atoms with van der Waals surface area (Å²) in [5.74, 6) is -0.262. The normalized spacial score (nSPS) is 13.7. The fourth-order valence-electron chi connectivity index (χ4n) is 3.09. The third kappa shape index (κ3) is 3.32. The maximum absolute atomic E-state index is 12.7. The van der Waals surface area contributed by atoms with E-state index in [0.717, 1.165) is 23.9 Å². The van der Waals surface area contributed by atoms with Crippen LogP contribution in [0.3, 0.4) is 0 Å². The standard InChI is InChI=1S/C19H20N4O3S/c1-3-23-15-8-7-12(9-14(15)21-22-23)17(24)20-18-16(19(25)26-4-2)13(10-27-18)11-5-6-11/h7-11H,3-6H2,1-2H3,(H,20,24). The molecule has 140 valence electrons. The number of hydrogen-bond donors (Lipinski definition) is 1. The molecular formula is C19H20N4O3S. The summed E-state index contributed by atoms with van der Waals surface area (Å²) in [6.45, 7) is 4.78. The molecule has 8 heteroatoms. The molecule has 0 radical (unpaired) electrons. The van der Waals surface area contributed by atoms with Crippen molar-refractivity contribution < 1.29 is 14.3 Å². The number of thiophene rings is 1. The summed E-state index contributed by atoms with van der Waals surface area (Å²) >= 11 is 1.37. The van der Waals surface area contributed by atoms with E-state index in [4.69, 9.17) is 4.74 Å². The SMILES string of the molecule is CCOC(=O)c1c(C2CC2)csc1NC(=O)c1ccc2c(c1)nnn2CC. The number of carbonyl (C=O) groups is 2. The molecule has 0 saturated heterocycles. The van der Waals surface area contributed by atoms with E-state index in [1.165, 1.54) is 11.3 Å². The zero-order chi connectivity index (χ0) is 19.0. The van der Waals surface area contributed by atoms with E-state index in [0.29, 0.717) is 40.7 Å². The summed E-state index contributed by atoms with van der Waals surface area (Å²) in [4.78, 5) is 25.2. The number of nitrogens with one attached hydrogen (secondary N) is 1. The second kappa shape index (κ2) is 7.11. The monoisotopic (exact) mass is 384 g/mol. The first-order chi connectivity index (χ1) is 13.1. The van der Waals surface area contributed by atoms with Crippen molar-refractivity contribution in [2.45, 2.75) is 39.2 Å². The molecule has 27 heavy (non-hydrogen) atoms. The van der Waals surface area contributed by atoms with Crippen LogP contribution in [0.2, 0.25) is 0 Å². The predicted octanol–water partition coefficient (Wildman–Crippen LogP) is 3.82. The van der Waals surface area contributed by atoms with Crippen LogP contribution in [-0.2, 0) is 11.3 Å². The van der Waals surface area contributed by atoms with Gasteiger partial charge in [-0.05, 0) is 61.7 Å². The molecule has 1 N–H and O–H groups in total. The summed E-state index contributed by atoms with van der Waals surface area (Å²) in [5, 5.41) is 13.5. The lowest BCUT2D eigenvalue weighted by Gasteiger charge is -2.08. The van der Waals surface area contributed by atoms with E-state index < -0.39 is 0 Å². The topological polar surface area (TPSA) is 86.1 Å². The van der Waals surface area contributed by atoms with E-state index in [-0.39, 0.29) is 11.9 Å². The Hall–Kier alpha value is -2.74. The molecule has 0 atom stereocenters. The van der Waals surface area contributed by atoms with Crippen LogP contribution < -0.4 is 5.32 Å². The summed E-state index contributed by atoms with van der Waals surface area (Å²) < 4.78 is 6.98. The Morgan fingerprint density at radius 1 is 1.33 bits per heavy atom. The zero-order valence-corrected chi connectivity index (χ0v) is 16.0. The third-order valence-corrected chi connectivity index (χ3v) is 5.53. The summed E-state index contributed by atoms with van der Waals surface area (Å²) in [5.41, 5.74) is 3.50. The van der Waals surface area contributed by atoms with Gasteiger partial charge in [-0.2, -0.15) is 0 Å².